The molecule has 0 aromatic rings. The van der Waals surface area contributed by atoms with E-state index in [0.29, 0.717) is 13.0 Å². The second-order valence-corrected chi connectivity index (χ2v) is 8.43. The normalized spacial score (nSPS) is 22.4. The molecule has 1 heterocycles. The van der Waals surface area contributed by atoms with Crippen molar-refractivity contribution in [1.29, 1.82) is 0 Å². The Morgan fingerprint density at radius 3 is 2.44 bits per heavy atom. The maximum absolute atomic E-state index is 11.9. The van der Waals surface area contributed by atoms with E-state index in [1.165, 1.54) is 4.90 Å². The molecule has 0 bridgehead atoms. The van der Waals surface area contributed by atoms with Gasteiger partial charge in [0.25, 0.3) is 0 Å². The number of likely N-dealkylation sites (tertiary alicyclic amines) is 1. The van der Waals surface area contributed by atoms with Crippen molar-refractivity contribution in [3.63, 3.8) is 0 Å². The number of carbonyl (C=O) groups excluding carboxylic acids is 1. The van der Waals surface area contributed by atoms with Crippen LogP contribution >= 0.6 is 10.7 Å². The van der Waals surface area contributed by atoms with E-state index in [1.54, 1.807) is 20.8 Å². The van der Waals surface area contributed by atoms with Gasteiger partial charge < -0.3 is 9.64 Å². The van der Waals surface area contributed by atoms with Gasteiger partial charge in [-0.3, -0.25) is 0 Å². The minimum Gasteiger partial charge on any atom is -0.444 e. The van der Waals surface area contributed by atoms with E-state index in [-0.39, 0.29) is 6.54 Å². The van der Waals surface area contributed by atoms with E-state index in [0.717, 1.165) is 12.8 Å². The minimum absolute atomic E-state index is 0.112. The molecule has 5 nitrogen and oxygen atoms in total. The Kier molecular flexibility index (Phi) is 4.89. The Morgan fingerprint density at radius 1 is 1.33 bits per heavy atom. The average Bonchev–Trinajstić information content (AvgIpc) is 2.38. The van der Waals surface area contributed by atoms with Gasteiger partial charge in [-0.2, -0.15) is 0 Å². The number of halogens is 1. The molecule has 0 radical (unpaired) electrons. The van der Waals surface area contributed by atoms with Gasteiger partial charge in [-0.15, -0.1) is 0 Å². The number of rotatable bonds is 1. The lowest BCUT2D eigenvalue weighted by molar-refractivity contribution is 0.0258. The van der Waals surface area contributed by atoms with Crippen molar-refractivity contribution < 1.29 is 17.9 Å². The van der Waals surface area contributed by atoms with Gasteiger partial charge in [0, 0.05) is 23.8 Å². The molecular weight excluding hydrogens is 278 g/mol. The maximum Gasteiger partial charge on any atom is 0.410 e. The Balaban J connectivity index is 2.73. The van der Waals surface area contributed by atoms with Gasteiger partial charge in [-0.1, -0.05) is 6.42 Å². The summed E-state index contributed by atoms with van der Waals surface area (Å²) < 4.78 is 28.0. The smallest absolute Gasteiger partial charge is 0.410 e. The lowest BCUT2D eigenvalue weighted by atomic mass is 10.2. The summed E-state index contributed by atoms with van der Waals surface area (Å²) in [6, 6.07) is 0. The zero-order valence-electron chi connectivity index (χ0n) is 11.0. The van der Waals surface area contributed by atoms with Crippen LogP contribution in [0.2, 0.25) is 0 Å². The highest BCUT2D eigenvalue weighted by molar-refractivity contribution is 8.14. The third-order valence-corrected chi connectivity index (χ3v) is 4.62. The summed E-state index contributed by atoms with van der Waals surface area (Å²) in [5.41, 5.74) is -0.585. The van der Waals surface area contributed by atoms with Crippen LogP contribution in [0.3, 0.4) is 0 Å². The Morgan fingerprint density at radius 2 is 1.94 bits per heavy atom. The van der Waals surface area contributed by atoms with E-state index in [4.69, 9.17) is 15.4 Å². The standard InChI is InChI=1S/C11H20ClNO4S/c1-11(2,3)17-10(14)13-7-5-4-6-9(8-13)18(12,15)16/h9H,4-8H2,1-3H3. The molecule has 0 aliphatic carbocycles. The zero-order valence-corrected chi connectivity index (χ0v) is 12.6. The van der Waals surface area contributed by atoms with E-state index in [9.17, 15) is 13.2 Å². The van der Waals surface area contributed by atoms with Crippen LogP contribution in [-0.2, 0) is 13.8 Å². The third kappa shape index (κ3) is 5.02. The van der Waals surface area contributed by atoms with Gasteiger partial charge in [0.2, 0.25) is 9.05 Å². The molecule has 0 aromatic heterocycles. The molecule has 0 saturated carbocycles. The average molecular weight is 298 g/mol. The highest BCUT2D eigenvalue weighted by Gasteiger charge is 2.31. The van der Waals surface area contributed by atoms with Crippen molar-refractivity contribution in [1.82, 2.24) is 4.90 Å². The van der Waals surface area contributed by atoms with Crippen LogP contribution in [0.5, 0.6) is 0 Å². The van der Waals surface area contributed by atoms with E-state index in [1.807, 2.05) is 0 Å². The molecule has 7 heteroatoms. The molecule has 18 heavy (non-hydrogen) atoms. The molecule has 1 aliphatic rings. The van der Waals surface area contributed by atoms with Gasteiger partial charge in [0.15, 0.2) is 0 Å². The summed E-state index contributed by atoms with van der Waals surface area (Å²) in [5, 5.41) is -0.700. The quantitative estimate of drug-likeness (QED) is 0.697. The van der Waals surface area contributed by atoms with Crippen LogP contribution < -0.4 is 0 Å². The summed E-state index contributed by atoms with van der Waals surface area (Å²) in [7, 11) is 1.74. The summed E-state index contributed by atoms with van der Waals surface area (Å²) in [4.78, 5) is 13.3. The van der Waals surface area contributed by atoms with Gasteiger partial charge in [-0.05, 0) is 33.6 Å². The zero-order chi connectivity index (χ0) is 14.0. The predicted molar refractivity (Wildman–Crippen MR) is 70.2 cm³/mol. The minimum atomic E-state index is -3.64. The Labute approximate surface area is 113 Å². The van der Waals surface area contributed by atoms with Crippen LogP contribution in [0, 0.1) is 0 Å². The summed E-state index contributed by atoms with van der Waals surface area (Å²) in [6.07, 6.45) is 1.53. The van der Waals surface area contributed by atoms with Crippen LogP contribution in [0.25, 0.3) is 0 Å². The third-order valence-electron chi connectivity index (χ3n) is 2.68. The fourth-order valence-electron chi connectivity index (χ4n) is 1.83. The van der Waals surface area contributed by atoms with Crippen LogP contribution in [0.4, 0.5) is 4.79 Å². The molecule has 1 rings (SSSR count). The predicted octanol–water partition coefficient (Wildman–Crippen LogP) is 2.34. The van der Waals surface area contributed by atoms with Crippen LogP contribution in [0.15, 0.2) is 0 Å². The van der Waals surface area contributed by atoms with Crippen molar-refractivity contribution in [3.05, 3.63) is 0 Å². The van der Waals surface area contributed by atoms with Crippen molar-refractivity contribution in [3.8, 4) is 0 Å². The molecule has 1 amide bonds. The van der Waals surface area contributed by atoms with Crippen LogP contribution in [-0.4, -0.2) is 43.4 Å². The second kappa shape index (κ2) is 5.65. The fourth-order valence-corrected chi connectivity index (χ4v) is 3.07. The topological polar surface area (TPSA) is 63.7 Å². The number of carbonyl (C=O) groups is 1. The molecule has 0 spiro atoms. The van der Waals surface area contributed by atoms with Gasteiger partial charge in [0.1, 0.15) is 5.60 Å². The Bertz CT molecular complexity index is 402. The monoisotopic (exact) mass is 297 g/mol. The lowest BCUT2D eigenvalue weighted by Gasteiger charge is -2.27. The number of amides is 1. The summed E-state index contributed by atoms with van der Waals surface area (Å²) >= 11 is 0. The Hall–Kier alpha value is -0.490. The lowest BCUT2D eigenvalue weighted by Crippen LogP contribution is -2.41. The molecule has 1 saturated heterocycles. The first-order valence-corrected chi connectivity index (χ1v) is 8.38. The first-order valence-electron chi connectivity index (χ1n) is 6.01. The van der Waals surface area contributed by atoms with Gasteiger partial charge in [0.05, 0.1) is 5.25 Å². The largest absolute Gasteiger partial charge is 0.444 e. The summed E-state index contributed by atoms with van der Waals surface area (Å²) in [5.74, 6) is 0. The van der Waals surface area contributed by atoms with Crippen molar-refractivity contribution >= 4 is 25.8 Å². The first kappa shape index (κ1) is 15.6. The van der Waals surface area contributed by atoms with Gasteiger partial charge >= 0.3 is 6.09 Å². The molecule has 106 valence electrons. The molecule has 1 fully saturated rings. The van der Waals surface area contributed by atoms with E-state index < -0.39 is 26.0 Å². The number of hydrogen-bond acceptors (Lipinski definition) is 4. The molecule has 1 aliphatic heterocycles. The highest BCUT2D eigenvalue weighted by atomic mass is 35.7. The molecular formula is C11H20ClNO4S. The second-order valence-electron chi connectivity index (χ2n) is 5.52. The fraction of sp³-hybridized carbons (Fsp3) is 0.909. The highest BCUT2D eigenvalue weighted by Crippen LogP contribution is 2.21. The first-order chi connectivity index (χ1) is 8.09. The van der Waals surface area contributed by atoms with E-state index >= 15 is 0 Å². The molecule has 0 aromatic carbocycles. The number of ether oxygens (including phenoxy) is 1. The maximum atomic E-state index is 11.9. The van der Waals surface area contributed by atoms with Crippen molar-refractivity contribution in [2.24, 2.45) is 0 Å². The molecule has 0 N–H and O–H groups in total. The summed E-state index contributed by atoms with van der Waals surface area (Å²) in [6.45, 7) is 5.95. The van der Waals surface area contributed by atoms with Crippen LogP contribution in [0.1, 0.15) is 40.0 Å². The molecule has 1 unspecified atom stereocenters. The van der Waals surface area contributed by atoms with Gasteiger partial charge in [-0.25, -0.2) is 13.2 Å². The number of hydrogen-bond donors (Lipinski definition) is 0. The SMILES string of the molecule is CC(C)(C)OC(=O)N1CCCCC(S(=O)(=O)Cl)C1. The van der Waals surface area contributed by atoms with E-state index in [2.05, 4.69) is 0 Å². The molecule has 1 atom stereocenters. The number of nitrogens with zero attached hydrogens (tertiary/aromatic N) is 1. The van der Waals surface area contributed by atoms with Crippen molar-refractivity contribution in [2.75, 3.05) is 13.1 Å². The van der Waals surface area contributed by atoms with Crippen molar-refractivity contribution in [2.45, 2.75) is 50.9 Å².